The number of imide groups is 1. The summed E-state index contributed by atoms with van der Waals surface area (Å²) >= 11 is 3.29. The largest absolute Gasteiger partial charge is 0.325 e. The molecule has 5 nitrogen and oxygen atoms in total. The first-order valence-electron chi connectivity index (χ1n) is 5.79. The minimum Gasteiger partial charge on any atom is -0.325 e. The Balaban J connectivity index is 2.14. The molecule has 0 aliphatic carbocycles. The van der Waals surface area contributed by atoms with Crippen LogP contribution in [0.5, 0.6) is 0 Å². The number of benzene rings is 1. The van der Waals surface area contributed by atoms with Gasteiger partial charge in [-0.25, -0.2) is 0 Å². The van der Waals surface area contributed by atoms with Crippen molar-refractivity contribution in [2.24, 2.45) is 11.8 Å². The van der Waals surface area contributed by atoms with Crippen LogP contribution in [0.4, 0.5) is 5.69 Å². The van der Waals surface area contributed by atoms with E-state index in [1.165, 1.54) is 7.05 Å². The number of nitrogens with zero attached hydrogens (tertiary/aromatic N) is 1. The minimum atomic E-state index is -0.943. The van der Waals surface area contributed by atoms with E-state index in [0.29, 0.717) is 5.69 Å². The van der Waals surface area contributed by atoms with Gasteiger partial charge in [0.1, 0.15) is 5.92 Å². The van der Waals surface area contributed by atoms with Gasteiger partial charge in [-0.3, -0.25) is 19.3 Å². The lowest BCUT2D eigenvalue weighted by Crippen LogP contribution is -2.32. The standard InChI is InChI=1S/C13H13BrN2O3/c1-7-10(13(19)16(2)12(7)18)11(17)15-9-5-3-8(14)4-6-9/h3-7,10H,1-2H3,(H,15,17). The van der Waals surface area contributed by atoms with E-state index in [1.54, 1.807) is 31.2 Å². The van der Waals surface area contributed by atoms with Crippen LogP contribution in [0.1, 0.15) is 6.92 Å². The van der Waals surface area contributed by atoms with Crippen molar-refractivity contribution in [3.63, 3.8) is 0 Å². The van der Waals surface area contributed by atoms with Gasteiger partial charge in [-0.1, -0.05) is 22.9 Å². The molecule has 1 aliphatic rings. The van der Waals surface area contributed by atoms with Gasteiger partial charge in [-0.2, -0.15) is 0 Å². The minimum absolute atomic E-state index is 0.319. The summed E-state index contributed by atoms with van der Waals surface area (Å²) in [5.41, 5.74) is 0.593. The van der Waals surface area contributed by atoms with E-state index < -0.39 is 23.7 Å². The number of carbonyl (C=O) groups is 3. The van der Waals surface area contributed by atoms with Gasteiger partial charge in [0.25, 0.3) is 0 Å². The van der Waals surface area contributed by atoms with E-state index >= 15 is 0 Å². The molecule has 3 amide bonds. The monoisotopic (exact) mass is 324 g/mol. The number of likely N-dealkylation sites (tertiary alicyclic amines) is 1. The molecule has 19 heavy (non-hydrogen) atoms. The molecule has 2 rings (SSSR count). The SMILES string of the molecule is CC1C(=O)N(C)C(=O)C1C(=O)Nc1ccc(Br)cc1. The highest BCUT2D eigenvalue weighted by Gasteiger charge is 2.47. The zero-order valence-electron chi connectivity index (χ0n) is 10.5. The number of halogens is 1. The molecule has 1 aliphatic heterocycles. The van der Waals surface area contributed by atoms with Gasteiger partial charge in [0.15, 0.2) is 0 Å². The maximum absolute atomic E-state index is 12.1. The summed E-state index contributed by atoms with van der Waals surface area (Å²) in [7, 11) is 1.40. The molecule has 0 aromatic heterocycles. The lowest BCUT2D eigenvalue weighted by atomic mass is 9.96. The second-order valence-corrected chi connectivity index (χ2v) is 5.41. The normalized spacial score (nSPS) is 22.8. The third-order valence-electron chi connectivity index (χ3n) is 3.21. The lowest BCUT2D eigenvalue weighted by Gasteiger charge is -2.12. The number of hydrogen-bond acceptors (Lipinski definition) is 3. The van der Waals surface area contributed by atoms with Crippen LogP contribution in [0, 0.1) is 11.8 Å². The molecule has 1 heterocycles. The van der Waals surface area contributed by atoms with E-state index in [0.717, 1.165) is 9.37 Å². The van der Waals surface area contributed by atoms with Crippen molar-refractivity contribution in [1.82, 2.24) is 4.90 Å². The van der Waals surface area contributed by atoms with Gasteiger partial charge in [-0.05, 0) is 24.3 Å². The van der Waals surface area contributed by atoms with Crippen molar-refractivity contribution < 1.29 is 14.4 Å². The number of hydrogen-bond donors (Lipinski definition) is 1. The third kappa shape index (κ3) is 2.53. The van der Waals surface area contributed by atoms with Crippen LogP contribution in [0.3, 0.4) is 0 Å². The summed E-state index contributed by atoms with van der Waals surface area (Å²) in [6.07, 6.45) is 0. The fourth-order valence-electron chi connectivity index (χ4n) is 2.07. The van der Waals surface area contributed by atoms with Crippen molar-refractivity contribution in [3.8, 4) is 0 Å². The summed E-state index contributed by atoms with van der Waals surface area (Å²) < 4.78 is 0.894. The predicted octanol–water partition coefficient (Wildman–Crippen LogP) is 1.64. The van der Waals surface area contributed by atoms with E-state index in [4.69, 9.17) is 0 Å². The van der Waals surface area contributed by atoms with Gasteiger partial charge in [0.2, 0.25) is 17.7 Å². The van der Waals surface area contributed by atoms with Gasteiger partial charge < -0.3 is 5.32 Å². The molecule has 0 bridgehead atoms. The molecule has 1 N–H and O–H groups in total. The first-order chi connectivity index (χ1) is 8.91. The van der Waals surface area contributed by atoms with Crippen LogP contribution in [-0.4, -0.2) is 29.7 Å². The maximum atomic E-state index is 12.1. The second-order valence-electron chi connectivity index (χ2n) is 4.50. The average Bonchev–Trinajstić information content (AvgIpc) is 2.57. The highest BCUT2D eigenvalue weighted by molar-refractivity contribution is 9.10. The fourth-order valence-corrected chi connectivity index (χ4v) is 2.34. The Kier molecular flexibility index (Phi) is 3.71. The van der Waals surface area contributed by atoms with Gasteiger partial charge in [0, 0.05) is 17.2 Å². The Hall–Kier alpha value is -1.69. The van der Waals surface area contributed by atoms with E-state index in [2.05, 4.69) is 21.2 Å². The Morgan fingerprint density at radius 3 is 2.26 bits per heavy atom. The third-order valence-corrected chi connectivity index (χ3v) is 3.74. The second kappa shape index (κ2) is 5.13. The van der Waals surface area contributed by atoms with Gasteiger partial charge in [-0.15, -0.1) is 0 Å². The molecule has 1 saturated heterocycles. The predicted molar refractivity (Wildman–Crippen MR) is 73.2 cm³/mol. The molecule has 1 fully saturated rings. The molecular formula is C13H13BrN2O3. The smallest absolute Gasteiger partial charge is 0.242 e. The van der Waals surface area contributed by atoms with Crippen molar-refractivity contribution in [3.05, 3.63) is 28.7 Å². The molecular weight excluding hydrogens is 312 g/mol. The van der Waals surface area contributed by atoms with Gasteiger partial charge >= 0.3 is 0 Å². The fraction of sp³-hybridized carbons (Fsp3) is 0.308. The van der Waals surface area contributed by atoms with Crippen LogP contribution < -0.4 is 5.32 Å². The molecule has 0 saturated carbocycles. The zero-order valence-corrected chi connectivity index (χ0v) is 12.1. The quantitative estimate of drug-likeness (QED) is 0.664. The number of nitrogens with one attached hydrogen (secondary N) is 1. The van der Waals surface area contributed by atoms with E-state index in [9.17, 15) is 14.4 Å². The maximum Gasteiger partial charge on any atom is 0.242 e. The Morgan fingerprint density at radius 2 is 1.79 bits per heavy atom. The first kappa shape index (κ1) is 13.7. The van der Waals surface area contributed by atoms with Crippen molar-refractivity contribution in [1.29, 1.82) is 0 Å². The zero-order chi connectivity index (χ0) is 14.2. The van der Waals surface area contributed by atoms with Crippen molar-refractivity contribution in [2.75, 3.05) is 12.4 Å². The topological polar surface area (TPSA) is 66.5 Å². The number of carbonyl (C=O) groups excluding carboxylic acids is 3. The first-order valence-corrected chi connectivity index (χ1v) is 6.59. The van der Waals surface area contributed by atoms with Crippen LogP contribution >= 0.6 is 15.9 Å². The molecule has 0 radical (unpaired) electrons. The highest BCUT2D eigenvalue weighted by atomic mass is 79.9. The van der Waals surface area contributed by atoms with Crippen LogP contribution in [-0.2, 0) is 14.4 Å². The number of amides is 3. The summed E-state index contributed by atoms with van der Waals surface area (Å²) in [5.74, 6) is -2.78. The van der Waals surface area contributed by atoms with Gasteiger partial charge in [0.05, 0.1) is 5.92 Å². The van der Waals surface area contributed by atoms with E-state index in [-0.39, 0.29) is 5.91 Å². The molecule has 6 heteroatoms. The van der Waals surface area contributed by atoms with E-state index in [1.807, 2.05) is 0 Å². The Bertz CT molecular complexity index is 541. The van der Waals surface area contributed by atoms with Crippen molar-refractivity contribution >= 4 is 39.3 Å². The van der Waals surface area contributed by atoms with Crippen LogP contribution in [0.15, 0.2) is 28.7 Å². The number of rotatable bonds is 2. The average molecular weight is 325 g/mol. The molecule has 1 aromatic rings. The molecule has 2 unspecified atom stereocenters. The van der Waals surface area contributed by atoms with Crippen LogP contribution in [0.25, 0.3) is 0 Å². The molecule has 2 atom stereocenters. The Morgan fingerprint density at radius 1 is 1.21 bits per heavy atom. The summed E-state index contributed by atoms with van der Waals surface area (Å²) in [6.45, 7) is 1.59. The highest BCUT2D eigenvalue weighted by Crippen LogP contribution is 2.26. The van der Waals surface area contributed by atoms with Crippen molar-refractivity contribution in [2.45, 2.75) is 6.92 Å². The number of anilines is 1. The summed E-state index contributed by atoms with van der Waals surface area (Å²) in [4.78, 5) is 36.6. The molecule has 100 valence electrons. The molecule has 1 aromatic carbocycles. The molecule has 0 spiro atoms. The summed E-state index contributed by atoms with van der Waals surface area (Å²) in [5, 5.41) is 2.65. The van der Waals surface area contributed by atoms with Crippen LogP contribution in [0.2, 0.25) is 0 Å². The Labute approximate surface area is 119 Å². The lowest BCUT2D eigenvalue weighted by molar-refractivity contribution is -0.138. The summed E-state index contributed by atoms with van der Waals surface area (Å²) in [6, 6.07) is 7.01.